The molecule has 2 N–H and O–H groups in total. The molecular formula is C12H18O2. The summed E-state index contributed by atoms with van der Waals surface area (Å²) in [4.78, 5) is 0. The van der Waals surface area contributed by atoms with E-state index in [0.717, 1.165) is 16.7 Å². The molecule has 0 aliphatic rings. The van der Waals surface area contributed by atoms with E-state index in [2.05, 4.69) is 12.1 Å². The van der Waals surface area contributed by atoms with E-state index >= 15 is 0 Å². The summed E-state index contributed by atoms with van der Waals surface area (Å²) < 4.78 is 0. The van der Waals surface area contributed by atoms with Gasteiger partial charge < -0.3 is 10.2 Å². The van der Waals surface area contributed by atoms with Gasteiger partial charge in [-0.25, -0.2) is 0 Å². The molecule has 0 spiro atoms. The van der Waals surface area contributed by atoms with Gasteiger partial charge >= 0.3 is 0 Å². The molecule has 0 aromatic heterocycles. The molecule has 0 saturated carbocycles. The molecule has 78 valence electrons. The normalized spacial score (nSPS) is 12.9. The molecule has 14 heavy (non-hydrogen) atoms. The first-order chi connectivity index (χ1) is 6.56. The molecule has 0 aliphatic carbocycles. The summed E-state index contributed by atoms with van der Waals surface area (Å²) in [6, 6.07) is 4.12. The van der Waals surface area contributed by atoms with Crippen LogP contribution in [-0.4, -0.2) is 16.8 Å². The summed E-state index contributed by atoms with van der Waals surface area (Å²) in [7, 11) is 0. The molecule has 0 radical (unpaired) electrons. The molecule has 0 heterocycles. The smallest absolute Gasteiger partial charge is 0.0817 e. The van der Waals surface area contributed by atoms with Crippen molar-refractivity contribution in [2.45, 2.75) is 33.3 Å². The summed E-state index contributed by atoms with van der Waals surface area (Å²) in [5.74, 6) is 0. The molecule has 1 atom stereocenters. The number of benzene rings is 1. The first kappa shape index (κ1) is 11.2. The maximum atomic E-state index is 9.81. The lowest BCUT2D eigenvalue weighted by molar-refractivity contribution is 0.133. The predicted molar refractivity (Wildman–Crippen MR) is 57.3 cm³/mol. The van der Waals surface area contributed by atoms with Crippen LogP contribution in [0.5, 0.6) is 0 Å². The predicted octanol–water partition coefficient (Wildman–Crippen LogP) is 2.03. The highest BCUT2D eigenvalue weighted by atomic mass is 16.3. The standard InChI is InChI=1S/C12H18O2/c1-8-6-9(2)12(10(3)7-8)11(14)4-5-13/h6-7,11,13-14H,4-5H2,1-3H3. The summed E-state index contributed by atoms with van der Waals surface area (Å²) in [6.45, 7) is 6.06. The second-order valence-electron chi connectivity index (χ2n) is 3.84. The fraction of sp³-hybridized carbons (Fsp3) is 0.500. The van der Waals surface area contributed by atoms with Gasteiger partial charge in [0.15, 0.2) is 0 Å². The SMILES string of the molecule is Cc1cc(C)c(C(O)CCO)c(C)c1. The van der Waals surface area contributed by atoms with Crippen LogP contribution in [-0.2, 0) is 0 Å². The monoisotopic (exact) mass is 194 g/mol. The first-order valence-electron chi connectivity index (χ1n) is 4.93. The lowest BCUT2D eigenvalue weighted by Crippen LogP contribution is -2.05. The van der Waals surface area contributed by atoms with Gasteiger partial charge in [-0.3, -0.25) is 0 Å². The van der Waals surface area contributed by atoms with Gasteiger partial charge in [-0.15, -0.1) is 0 Å². The number of hydrogen-bond donors (Lipinski definition) is 2. The number of aliphatic hydroxyl groups excluding tert-OH is 2. The Morgan fingerprint density at radius 1 is 1.14 bits per heavy atom. The van der Waals surface area contributed by atoms with Crippen LogP contribution >= 0.6 is 0 Å². The molecule has 0 aliphatic heterocycles. The minimum Gasteiger partial charge on any atom is -0.396 e. The van der Waals surface area contributed by atoms with Gasteiger partial charge in [-0.2, -0.15) is 0 Å². The van der Waals surface area contributed by atoms with Gasteiger partial charge in [0.1, 0.15) is 0 Å². The van der Waals surface area contributed by atoms with Crippen molar-refractivity contribution in [3.05, 3.63) is 34.4 Å². The van der Waals surface area contributed by atoms with Gasteiger partial charge in [-0.1, -0.05) is 17.7 Å². The molecule has 1 aromatic carbocycles. The van der Waals surface area contributed by atoms with Crippen molar-refractivity contribution in [2.24, 2.45) is 0 Å². The minimum atomic E-state index is -0.541. The molecule has 0 amide bonds. The van der Waals surface area contributed by atoms with Gasteiger partial charge in [0.25, 0.3) is 0 Å². The largest absolute Gasteiger partial charge is 0.396 e. The van der Waals surface area contributed by atoms with Crippen molar-refractivity contribution in [2.75, 3.05) is 6.61 Å². The van der Waals surface area contributed by atoms with Crippen molar-refractivity contribution in [1.82, 2.24) is 0 Å². The molecule has 1 unspecified atom stereocenters. The number of aryl methyl sites for hydroxylation is 3. The van der Waals surface area contributed by atoms with Crippen LogP contribution in [0, 0.1) is 20.8 Å². The van der Waals surface area contributed by atoms with Crippen molar-refractivity contribution < 1.29 is 10.2 Å². The third-order valence-corrected chi connectivity index (χ3v) is 2.47. The molecule has 2 heteroatoms. The molecule has 0 saturated heterocycles. The lowest BCUT2D eigenvalue weighted by Gasteiger charge is -2.16. The topological polar surface area (TPSA) is 40.5 Å². The van der Waals surface area contributed by atoms with Crippen LogP contribution in [0.1, 0.15) is 34.8 Å². The Morgan fingerprint density at radius 3 is 2.07 bits per heavy atom. The fourth-order valence-electron chi connectivity index (χ4n) is 1.98. The van der Waals surface area contributed by atoms with Crippen molar-refractivity contribution in [3.8, 4) is 0 Å². The first-order valence-corrected chi connectivity index (χ1v) is 4.93. The number of hydrogen-bond acceptors (Lipinski definition) is 2. The molecule has 1 aromatic rings. The van der Waals surface area contributed by atoms with Crippen LogP contribution in [0.25, 0.3) is 0 Å². The number of rotatable bonds is 3. The zero-order chi connectivity index (χ0) is 10.7. The van der Waals surface area contributed by atoms with Crippen molar-refractivity contribution in [1.29, 1.82) is 0 Å². The van der Waals surface area contributed by atoms with Crippen LogP contribution in [0.4, 0.5) is 0 Å². The Bertz CT molecular complexity index is 295. The van der Waals surface area contributed by atoms with E-state index in [9.17, 15) is 5.11 Å². The van der Waals surface area contributed by atoms with E-state index in [4.69, 9.17) is 5.11 Å². The molecule has 1 rings (SSSR count). The second kappa shape index (κ2) is 4.58. The highest BCUT2D eigenvalue weighted by Crippen LogP contribution is 2.25. The Balaban J connectivity index is 3.07. The van der Waals surface area contributed by atoms with Gasteiger partial charge in [0.2, 0.25) is 0 Å². The third kappa shape index (κ3) is 2.34. The maximum Gasteiger partial charge on any atom is 0.0817 e. The van der Waals surface area contributed by atoms with Crippen molar-refractivity contribution >= 4 is 0 Å². The summed E-state index contributed by atoms with van der Waals surface area (Å²) in [6.07, 6.45) is -0.134. The van der Waals surface area contributed by atoms with E-state index in [1.165, 1.54) is 5.56 Å². The van der Waals surface area contributed by atoms with E-state index in [1.54, 1.807) is 0 Å². The Hall–Kier alpha value is -0.860. The van der Waals surface area contributed by atoms with E-state index in [1.807, 2.05) is 20.8 Å². The van der Waals surface area contributed by atoms with E-state index < -0.39 is 6.10 Å². The molecular weight excluding hydrogens is 176 g/mol. The summed E-state index contributed by atoms with van der Waals surface area (Å²) in [5, 5.41) is 18.6. The average molecular weight is 194 g/mol. The van der Waals surface area contributed by atoms with Gasteiger partial charge in [-0.05, 0) is 37.5 Å². The van der Waals surface area contributed by atoms with Crippen LogP contribution in [0.2, 0.25) is 0 Å². The summed E-state index contributed by atoms with van der Waals surface area (Å²) >= 11 is 0. The second-order valence-corrected chi connectivity index (χ2v) is 3.84. The zero-order valence-electron chi connectivity index (χ0n) is 9.04. The van der Waals surface area contributed by atoms with Crippen molar-refractivity contribution in [3.63, 3.8) is 0 Å². The maximum absolute atomic E-state index is 9.81. The Labute approximate surface area is 85.2 Å². The fourth-order valence-corrected chi connectivity index (χ4v) is 1.98. The van der Waals surface area contributed by atoms with Gasteiger partial charge in [0, 0.05) is 13.0 Å². The minimum absolute atomic E-state index is 0.0217. The quantitative estimate of drug-likeness (QED) is 0.773. The van der Waals surface area contributed by atoms with Crippen LogP contribution < -0.4 is 0 Å². The van der Waals surface area contributed by atoms with Gasteiger partial charge in [0.05, 0.1) is 6.10 Å². The highest BCUT2D eigenvalue weighted by molar-refractivity contribution is 5.38. The average Bonchev–Trinajstić information content (AvgIpc) is 2.01. The van der Waals surface area contributed by atoms with Crippen LogP contribution in [0.15, 0.2) is 12.1 Å². The third-order valence-electron chi connectivity index (χ3n) is 2.47. The van der Waals surface area contributed by atoms with E-state index in [0.29, 0.717) is 6.42 Å². The molecule has 0 bridgehead atoms. The molecule has 0 fully saturated rings. The lowest BCUT2D eigenvalue weighted by atomic mass is 9.94. The Kier molecular flexibility index (Phi) is 3.67. The van der Waals surface area contributed by atoms with E-state index in [-0.39, 0.29) is 6.61 Å². The summed E-state index contributed by atoms with van der Waals surface area (Å²) in [5.41, 5.74) is 4.37. The zero-order valence-corrected chi connectivity index (χ0v) is 9.04. The highest BCUT2D eigenvalue weighted by Gasteiger charge is 2.12. The number of aliphatic hydroxyl groups is 2. The molecule has 2 nitrogen and oxygen atoms in total. The Morgan fingerprint density at radius 2 is 1.64 bits per heavy atom. The van der Waals surface area contributed by atoms with Crippen LogP contribution in [0.3, 0.4) is 0 Å².